The monoisotopic (exact) mass is 391 g/mol. The number of hydrogen-bond donors (Lipinski definition) is 2. The predicted octanol–water partition coefficient (Wildman–Crippen LogP) is 3.03. The molecule has 0 aliphatic carbocycles. The zero-order chi connectivity index (χ0) is 17.7. The molecule has 24 heavy (non-hydrogen) atoms. The number of halogens is 1. The molecule has 2 amide bonds. The van der Waals surface area contributed by atoms with Gasteiger partial charge in [-0.15, -0.1) is 0 Å². The van der Waals surface area contributed by atoms with Crippen molar-refractivity contribution in [2.45, 2.75) is 6.92 Å². The summed E-state index contributed by atoms with van der Waals surface area (Å²) in [6, 6.07) is 11.1. The Morgan fingerprint density at radius 3 is 2.54 bits per heavy atom. The lowest BCUT2D eigenvalue weighted by atomic mass is 10.1. The van der Waals surface area contributed by atoms with Gasteiger partial charge in [-0.1, -0.05) is 12.1 Å². The van der Waals surface area contributed by atoms with Gasteiger partial charge in [-0.25, -0.2) is 0 Å². The molecular weight excluding hydrogens is 378 g/mol. The molecule has 0 saturated heterocycles. The maximum Gasteiger partial charge on any atom is 0.272 e. The average Bonchev–Trinajstić information content (AvgIpc) is 2.54. The van der Waals surface area contributed by atoms with Gasteiger partial charge in [0.1, 0.15) is 0 Å². The molecule has 0 aromatic heterocycles. The Hall–Kier alpha value is -2.74. The fourth-order valence-electron chi connectivity index (χ4n) is 2.02. The number of nitrogens with zero attached hydrogens (tertiary/aromatic N) is 1. The van der Waals surface area contributed by atoms with Gasteiger partial charge in [0.2, 0.25) is 5.91 Å². The van der Waals surface area contributed by atoms with Gasteiger partial charge in [-0.3, -0.25) is 19.7 Å². The van der Waals surface area contributed by atoms with Crippen molar-refractivity contribution >= 4 is 39.1 Å². The summed E-state index contributed by atoms with van der Waals surface area (Å²) in [5, 5.41) is 15.9. The van der Waals surface area contributed by atoms with Crippen molar-refractivity contribution in [1.29, 1.82) is 0 Å². The zero-order valence-electron chi connectivity index (χ0n) is 12.7. The first kappa shape index (κ1) is 17.6. The van der Waals surface area contributed by atoms with Gasteiger partial charge in [-0.05, 0) is 47.1 Å². The van der Waals surface area contributed by atoms with Crippen molar-refractivity contribution in [3.05, 3.63) is 68.2 Å². The van der Waals surface area contributed by atoms with Crippen molar-refractivity contribution in [3.8, 4) is 0 Å². The van der Waals surface area contributed by atoms with E-state index in [1.54, 1.807) is 25.1 Å². The minimum atomic E-state index is -0.512. The van der Waals surface area contributed by atoms with Crippen LogP contribution in [0.3, 0.4) is 0 Å². The number of rotatable bonds is 5. The zero-order valence-corrected chi connectivity index (χ0v) is 14.3. The van der Waals surface area contributed by atoms with E-state index in [0.717, 1.165) is 4.47 Å². The molecule has 0 fully saturated rings. The van der Waals surface area contributed by atoms with Crippen LogP contribution < -0.4 is 10.6 Å². The maximum absolute atomic E-state index is 12.0. The van der Waals surface area contributed by atoms with Crippen molar-refractivity contribution in [1.82, 2.24) is 5.32 Å². The highest BCUT2D eigenvalue weighted by Crippen LogP contribution is 2.21. The Morgan fingerprint density at radius 2 is 1.92 bits per heavy atom. The summed E-state index contributed by atoms with van der Waals surface area (Å²) in [7, 11) is 0. The summed E-state index contributed by atoms with van der Waals surface area (Å²) in [5.74, 6) is -0.857. The third kappa shape index (κ3) is 4.39. The van der Waals surface area contributed by atoms with Crippen LogP contribution in [-0.4, -0.2) is 23.3 Å². The van der Waals surface area contributed by atoms with Crippen molar-refractivity contribution in [2.75, 3.05) is 11.9 Å². The van der Waals surface area contributed by atoms with E-state index in [-0.39, 0.29) is 23.7 Å². The quantitative estimate of drug-likeness (QED) is 0.603. The van der Waals surface area contributed by atoms with Gasteiger partial charge >= 0.3 is 0 Å². The van der Waals surface area contributed by atoms with E-state index < -0.39 is 10.8 Å². The first-order valence-electron chi connectivity index (χ1n) is 6.96. The molecule has 8 heteroatoms. The largest absolute Gasteiger partial charge is 0.343 e. The highest BCUT2D eigenvalue weighted by molar-refractivity contribution is 9.10. The fourth-order valence-corrected chi connectivity index (χ4v) is 2.41. The Balaban J connectivity index is 1.95. The topological polar surface area (TPSA) is 101 Å². The number of amides is 2. The van der Waals surface area contributed by atoms with E-state index in [2.05, 4.69) is 26.6 Å². The Kier molecular flexibility index (Phi) is 5.64. The van der Waals surface area contributed by atoms with Gasteiger partial charge in [0.05, 0.1) is 17.2 Å². The molecule has 0 aliphatic heterocycles. The molecule has 2 N–H and O–H groups in total. The van der Waals surface area contributed by atoms with Gasteiger partial charge < -0.3 is 10.6 Å². The third-order valence-electron chi connectivity index (χ3n) is 3.21. The summed E-state index contributed by atoms with van der Waals surface area (Å²) in [6.45, 7) is 1.34. The standard InChI is InChI=1S/C16H14BrN3O4/c1-10-8-11(6-7-14(10)20(23)24)16(22)18-9-15(21)19-13-5-3-2-4-12(13)17/h2-8H,9H2,1H3,(H,18,22)(H,19,21). The summed E-state index contributed by atoms with van der Waals surface area (Å²) in [4.78, 5) is 34.2. The molecule has 0 atom stereocenters. The molecule has 2 aromatic carbocycles. The molecule has 2 aromatic rings. The SMILES string of the molecule is Cc1cc(C(=O)NCC(=O)Nc2ccccc2Br)ccc1[N+](=O)[O-]. The second-order valence-electron chi connectivity index (χ2n) is 4.97. The molecule has 7 nitrogen and oxygen atoms in total. The van der Waals surface area contributed by atoms with E-state index in [1.807, 2.05) is 6.07 Å². The Bertz CT molecular complexity index is 808. The lowest BCUT2D eigenvalue weighted by molar-refractivity contribution is -0.385. The van der Waals surface area contributed by atoms with Gasteiger partial charge in [-0.2, -0.15) is 0 Å². The third-order valence-corrected chi connectivity index (χ3v) is 3.90. The van der Waals surface area contributed by atoms with Crippen LogP contribution >= 0.6 is 15.9 Å². The van der Waals surface area contributed by atoms with E-state index in [9.17, 15) is 19.7 Å². The van der Waals surface area contributed by atoms with Crippen LogP contribution in [0.1, 0.15) is 15.9 Å². The molecule has 0 aliphatic rings. The van der Waals surface area contributed by atoms with E-state index in [0.29, 0.717) is 11.3 Å². The highest BCUT2D eigenvalue weighted by atomic mass is 79.9. The molecule has 124 valence electrons. The predicted molar refractivity (Wildman–Crippen MR) is 92.9 cm³/mol. The van der Waals surface area contributed by atoms with Crippen molar-refractivity contribution in [2.24, 2.45) is 0 Å². The number of aryl methyl sites for hydroxylation is 1. The van der Waals surface area contributed by atoms with E-state index in [1.165, 1.54) is 18.2 Å². The first-order valence-corrected chi connectivity index (χ1v) is 7.75. The second-order valence-corrected chi connectivity index (χ2v) is 5.82. The number of carbonyl (C=O) groups is 2. The molecule has 0 spiro atoms. The number of anilines is 1. The van der Waals surface area contributed by atoms with Crippen LogP contribution in [0.5, 0.6) is 0 Å². The lowest BCUT2D eigenvalue weighted by Crippen LogP contribution is -2.32. The van der Waals surface area contributed by atoms with Crippen LogP contribution in [0.15, 0.2) is 46.9 Å². The van der Waals surface area contributed by atoms with Crippen molar-refractivity contribution in [3.63, 3.8) is 0 Å². The molecule has 0 radical (unpaired) electrons. The maximum atomic E-state index is 12.0. The smallest absolute Gasteiger partial charge is 0.272 e. The number of para-hydroxylation sites is 1. The molecule has 0 unspecified atom stereocenters. The number of carbonyl (C=O) groups excluding carboxylic acids is 2. The van der Waals surface area contributed by atoms with Gasteiger partial charge in [0, 0.05) is 21.7 Å². The Morgan fingerprint density at radius 1 is 1.21 bits per heavy atom. The van der Waals surface area contributed by atoms with Crippen LogP contribution in [0, 0.1) is 17.0 Å². The summed E-state index contributed by atoms with van der Waals surface area (Å²) < 4.78 is 0.732. The molecule has 0 saturated carbocycles. The lowest BCUT2D eigenvalue weighted by Gasteiger charge is -2.08. The van der Waals surface area contributed by atoms with E-state index in [4.69, 9.17) is 0 Å². The van der Waals surface area contributed by atoms with Gasteiger partial charge in [0.25, 0.3) is 11.6 Å². The first-order chi connectivity index (χ1) is 11.4. The average molecular weight is 392 g/mol. The van der Waals surface area contributed by atoms with Crippen molar-refractivity contribution < 1.29 is 14.5 Å². The minimum absolute atomic E-state index is 0.0572. The summed E-state index contributed by atoms with van der Waals surface area (Å²) in [5.41, 5.74) is 1.18. The fraction of sp³-hybridized carbons (Fsp3) is 0.125. The Labute approximate surface area is 146 Å². The van der Waals surface area contributed by atoms with Gasteiger partial charge in [0.15, 0.2) is 0 Å². The summed E-state index contributed by atoms with van der Waals surface area (Å²) >= 11 is 3.31. The summed E-state index contributed by atoms with van der Waals surface area (Å²) in [6.07, 6.45) is 0. The molecule has 0 bridgehead atoms. The van der Waals surface area contributed by atoms with Crippen LogP contribution in [0.2, 0.25) is 0 Å². The minimum Gasteiger partial charge on any atom is -0.343 e. The number of nitro benzene ring substituents is 1. The van der Waals surface area contributed by atoms with Crippen LogP contribution in [0.4, 0.5) is 11.4 Å². The number of nitro groups is 1. The molecular formula is C16H14BrN3O4. The highest BCUT2D eigenvalue weighted by Gasteiger charge is 2.14. The number of benzene rings is 2. The van der Waals surface area contributed by atoms with Crippen LogP contribution in [-0.2, 0) is 4.79 Å². The normalized spacial score (nSPS) is 10.1. The molecule has 2 rings (SSSR count). The van der Waals surface area contributed by atoms with Crippen LogP contribution in [0.25, 0.3) is 0 Å². The second kappa shape index (κ2) is 7.69. The number of nitrogens with one attached hydrogen (secondary N) is 2. The van der Waals surface area contributed by atoms with E-state index >= 15 is 0 Å². The molecule has 0 heterocycles. The number of hydrogen-bond acceptors (Lipinski definition) is 4.